The van der Waals surface area contributed by atoms with E-state index in [1.165, 1.54) is 135 Å². The highest BCUT2D eigenvalue weighted by molar-refractivity contribution is 7.47. The van der Waals surface area contributed by atoms with E-state index >= 15 is 0 Å². The molecular formula is C71H128N2O7P+. The average molecular weight is 1150 g/mol. The predicted molar refractivity (Wildman–Crippen MR) is 350 cm³/mol. The molecule has 468 valence electrons. The minimum absolute atomic E-state index is 0.0311. The number of phosphoric acid groups is 1. The number of hydrogen-bond acceptors (Lipinski definition) is 6. The molecule has 0 aliphatic rings. The second-order valence-corrected chi connectivity index (χ2v) is 25.1. The van der Waals surface area contributed by atoms with Crippen LogP contribution in [0, 0.1) is 0 Å². The molecule has 0 fully saturated rings. The van der Waals surface area contributed by atoms with Crippen LogP contribution in [0.25, 0.3) is 0 Å². The summed E-state index contributed by atoms with van der Waals surface area (Å²) in [5, 5.41) is 3.06. The lowest BCUT2D eigenvalue weighted by atomic mass is 10.0. The van der Waals surface area contributed by atoms with Gasteiger partial charge < -0.3 is 19.4 Å². The van der Waals surface area contributed by atoms with Gasteiger partial charge in [-0.25, -0.2) is 4.57 Å². The standard InChI is InChI=1S/C71H127N2O7P/c1-7-10-13-16-19-22-25-28-30-32-34-36-38-40-42-45-48-51-54-57-60-63-70(74)72-68(67-79-81(76,77)78-66-65-73(4,5)6)69(62-59-56-53-50-47-44-27-24-21-18-15-12-9-3)80-71(75)64-61-58-55-52-49-46-43-41-39-37-35-33-31-29-26-23-20-17-14-11-8-2/h19-20,22-23,28-31,34-37,41,43,59,62,68-69H,7-18,21,24-27,32-33,38-40,42,44-58,60-61,63-67H2,1-6H3,(H-,72,74,76,77)/p+1/b22-19-,23-20-,30-28-,31-29-,36-34-,37-35-,43-41-,62-59+. The maximum atomic E-state index is 13.6. The normalized spacial score (nSPS) is 14.2. The number of rotatable bonds is 60. The van der Waals surface area contributed by atoms with Crippen molar-refractivity contribution in [1.29, 1.82) is 0 Å². The average Bonchev–Trinajstić information content (AvgIpc) is 3.44. The van der Waals surface area contributed by atoms with Crippen molar-refractivity contribution >= 4 is 19.7 Å². The number of phosphoric ester groups is 1. The maximum Gasteiger partial charge on any atom is 0.472 e. The highest BCUT2D eigenvalue weighted by Crippen LogP contribution is 2.43. The second-order valence-electron chi connectivity index (χ2n) is 23.6. The minimum atomic E-state index is -4.47. The van der Waals surface area contributed by atoms with Crippen molar-refractivity contribution in [2.24, 2.45) is 0 Å². The molecule has 0 bridgehead atoms. The van der Waals surface area contributed by atoms with E-state index in [4.69, 9.17) is 13.8 Å². The summed E-state index contributed by atoms with van der Waals surface area (Å²) >= 11 is 0. The Kier molecular flexibility index (Phi) is 57.8. The molecule has 0 saturated carbocycles. The van der Waals surface area contributed by atoms with Crippen LogP contribution < -0.4 is 5.32 Å². The fourth-order valence-electron chi connectivity index (χ4n) is 9.28. The monoisotopic (exact) mass is 1150 g/mol. The Morgan fingerprint density at radius 1 is 0.432 bits per heavy atom. The molecule has 0 aromatic carbocycles. The summed E-state index contributed by atoms with van der Waals surface area (Å²) in [4.78, 5) is 37.8. The molecule has 0 aliphatic heterocycles. The Balaban J connectivity index is 5.27. The van der Waals surface area contributed by atoms with Gasteiger partial charge >= 0.3 is 13.8 Å². The van der Waals surface area contributed by atoms with Crippen LogP contribution in [0.15, 0.2) is 97.2 Å². The summed E-state index contributed by atoms with van der Waals surface area (Å²) in [6.07, 6.45) is 81.1. The van der Waals surface area contributed by atoms with Crippen LogP contribution in [0.5, 0.6) is 0 Å². The van der Waals surface area contributed by atoms with Gasteiger partial charge in [0.25, 0.3) is 0 Å². The van der Waals surface area contributed by atoms with Crippen LogP contribution in [-0.2, 0) is 27.9 Å². The number of carbonyl (C=O) groups excluding carboxylic acids is 2. The molecule has 3 atom stereocenters. The van der Waals surface area contributed by atoms with Gasteiger partial charge in [-0.15, -0.1) is 0 Å². The van der Waals surface area contributed by atoms with Gasteiger partial charge in [0.2, 0.25) is 5.91 Å². The number of likely N-dealkylation sites (N-methyl/N-ethyl adjacent to an activating group) is 1. The third-order valence-corrected chi connectivity index (χ3v) is 15.5. The third kappa shape index (κ3) is 61.3. The number of ether oxygens (including phenoxy) is 1. The van der Waals surface area contributed by atoms with Crippen molar-refractivity contribution < 1.29 is 37.3 Å². The Morgan fingerprint density at radius 2 is 0.753 bits per heavy atom. The first-order chi connectivity index (χ1) is 39.4. The first kappa shape index (κ1) is 77.9. The SMILES string of the molecule is CCCCC/C=C\C/C=C\C/C=C\C/C=C\CCCCCCCC(=O)OC(/C=C/CCCCCCCCCCCCC)C(COP(=O)(O)OCC[N+](C)(C)C)NC(=O)CCCCCCCCCC/C=C\C/C=C\C/C=C\CCCCC. The maximum absolute atomic E-state index is 13.6. The smallest absolute Gasteiger partial charge is 0.456 e. The fraction of sp³-hybridized carbons (Fsp3) is 0.746. The number of allylic oxidation sites excluding steroid dienone is 15. The number of esters is 1. The van der Waals surface area contributed by atoms with Gasteiger partial charge in [0.1, 0.15) is 19.3 Å². The van der Waals surface area contributed by atoms with Crippen molar-refractivity contribution in [1.82, 2.24) is 5.32 Å². The van der Waals surface area contributed by atoms with Gasteiger partial charge in [0, 0.05) is 12.8 Å². The number of nitrogens with one attached hydrogen (secondary N) is 1. The van der Waals surface area contributed by atoms with Crippen LogP contribution in [0.4, 0.5) is 0 Å². The Hall–Kier alpha value is -3.07. The summed E-state index contributed by atoms with van der Waals surface area (Å²) in [6, 6.07) is -0.867. The summed E-state index contributed by atoms with van der Waals surface area (Å²) in [7, 11) is 1.47. The van der Waals surface area contributed by atoms with Crippen molar-refractivity contribution in [3.8, 4) is 0 Å². The zero-order chi connectivity index (χ0) is 59.3. The molecule has 0 saturated heterocycles. The van der Waals surface area contributed by atoms with Gasteiger partial charge in [-0.05, 0) is 115 Å². The van der Waals surface area contributed by atoms with E-state index in [0.717, 1.165) is 116 Å². The lowest BCUT2D eigenvalue weighted by Crippen LogP contribution is -2.47. The number of unbranched alkanes of at least 4 members (excludes halogenated alkanes) is 30. The molecule has 0 aromatic heterocycles. The van der Waals surface area contributed by atoms with Gasteiger partial charge in [0.15, 0.2) is 0 Å². The molecule has 0 spiro atoms. The highest BCUT2D eigenvalue weighted by Gasteiger charge is 2.30. The Bertz CT molecular complexity index is 1710. The van der Waals surface area contributed by atoms with Crippen LogP contribution >= 0.6 is 7.82 Å². The van der Waals surface area contributed by atoms with E-state index in [1.54, 1.807) is 0 Å². The molecule has 1 amide bonds. The quantitative estimate of drug-likeness (QED) is 0.0205. The van der Waals surface area contributed by atoms with Gasteiger partial charge in [-0.2, -0.15) is 0 Å². The molecule has 0 aliphatic carbocycles. The molecule has 9 nitrogen and oxygen atoms in total. The van der Waals surface area contributed by atoms with Crippen LogP contribution in [0.1, 0.15) is 290 Å². The van der Waals surface area contributed by atoms with E-state index in [2.05, 4.69) is 111 Å². The number of quaternary nitrogens is 1. The molecule has 0 radical (unpaired) electrons. The number of hydrogen-bond donors (Lipinski definition) is 2. The molecule has 0 aromatic rings. The molecule has 0 rings (SSSR count). The Morgan fingerprint density at radius 3 is 1.15 bits per heavy atom. The van der Waals surface area contributed by atoms with E-state index in [1.807, 2.05) is 33.3 Å². The zero-order valence-electron chi connectivity index (χ0n) is 53.5. The number of carbonyl (C=O) groups is 2. The lowest BCUT2D eigenvalue weighted by molar-refractivity contribution is -0.870. The Labute approximate surface area is 500 Å². The lowest BCUT2D eigenvalue weighted by Gasteiger charge is -2.27. The molecule has 2 N–H and O–H groups in total. The minimum Gasteiger partial charge on any atom is -0.456 e. The summed E-state index contributed by atoms with van der Waals surface area (Å²) in [5.74, 6) is -0.534. The van der Waals surface area contributed by atoms with Crippen molar-refractivity contribution in [3.05, 3.63) is 97.2 Å². The van der Waals surface area contributed by atoms with Crippen LogP contribution in [0.3, 0.4) is 0 Å². The molecule has 0 heterocycles. The van der Waals surface area contributed by atoms with Crippen LogP contribution in [-0.4, -0.2) is 74.3 Å². The van der Waals surface area contributed by atoms with E-state index < -0.39 is 20.0 Å². The fourth-order valence-corrected chi connectivity index (χ4v) is 10.0. The first-order valence-electron chi connectivity index (χ1n) is 33.6. The number of amides is 1. The highest BCUT2D eigenvalue weighted by atomic mass is 31.2. The summed E-state index contributed by atoms with van der Waals surface area (Å²) in [5.41, 5.74) is 0. The van der Waals surface area contributed by atoms with E-state index in [0.29, 0.717) is 23.9 Å². The second kappa shape index (κ2) is 60.1. The first-order valence-corrected chi connectivity index (χ1v) is 35.1. The molecule has 10 heteroatoms. The molecule has 3 unspecified atom stereocenters. The topological polar surface area (TPSA) is 111 Å². The summed E-state index contributed by atoms with van der Waals surface area (Å²) in [6.45, 7) is 6.95. The van der Waals surface area contributed by atoms with Crippen molar-refractivity contribution in [2.45, 2.75) is 303 Å². The zero-order valence-corrected chi connectivity index (χ0v) is 54.4. The van der Waals surface area contributed by atoms with Crippen LogP contribution in [0.2, 0.25) is 0 Å². The van der Waals surface area contributed by atoms with Gasteiger partial charge in [-0.1, -0.05) is 260 Å². The summed E-state index contributed by atoms with van der Waals surface area (Å²) < 4.78 is 30.8. The van der Waals surface area contributed by atoms with Gasteiger partial charge in [-0.3, -0.25) is 18.6 Å². The third-order valence-electron chi connectivity index (χ3n) is 14.5. The van der Waals surface area contributed by atoms with Gasteiger partial charge in [0.05, 0.1) is 33.8 Å². The van der Waals surface area contributed by atoms with E-state index in [9.17, 15) is 19.0 Å². The largest absolute Gasteiger partial charge is 0.472 e. The molecule has 81 heavy (non-hydrogen) atoms. The van der Waals surface area contributed by atoms with Crippen molar-refractivity contribution in [3.63, 3.8) is 0 Å². The predicted octanol–water partition coefficient (Wildman–Crippen LogP) is 21.1. The van der Waals surface area contributed by atoms with E-state index in [-0.39, 0.29) is 31.5 Å². The van der Waals surface area contributed by atoms with Crippen molar-refractivity contribution in [2.75, 3.05) is 40.9 Å². The number of nitrogens with zero attached hydrogens (tertiary/aromatic N) is 1. The molecular weight excluding hydrogens is 1020 g/mol.